The molecule has 1 rings (SSSR count). The molecule has 0 spiro atoms. The van der Waals surface area contributed by atoms with Crippen LogP contribution in [-0.2, 0) is 9.59 Å². The number of amides is 2. The third-order valence-corrected chi connectivity index (χ3v) is 4.71. The average Bonchev–Trinajstić information content (AvgIpc) is 2.56. The minimum absolute atomic E-state index is 0.0977. The van der Waals surface area contributed by atoms with Gasteiger partial charge in [0.25, 0.3) is 11.8 Å². The van der Waals surface area contributed by atoms with Crippen LogP contribution in [0.3, 0.4) is 0 Å². The number of hydrogen-bond donors (Lipinski definition) is 2. The predicted octanol–water partition coefficient (Wildman–Crippen LogP) is 2.22. The molecule has 0 heterocycles. The number of carbonyl (C=O) groups excluding carboxylic acids is 2. The molecule has 0 radical (unpaired) electrons. The highest BCUT2D eigenvalue weighted by Crippen LogP contribution is 2.13. The Labute approximate surface area is 156 Å². The lowest BCUT2D eigenvalue weighted by Gasteiger charge is -2.34. The first-order valence-corrected chi connectivity index (χ1v) is 9.34. The number of nitrogens with one attached hydrogen (secondary N) is 2. The van der Waals surface area contributed by atoms with E-state index in [1.807, 2.05) is 11.9 Å². The summed E-state index contributed by atoms with van der Waals surface area (Å²) in [7, 11) is 1.87. The van der Waals surface area contributed by atoms with Crippen molar-refractivity contribution < 1.29 is 14.5 Å². The molecule has 0 aliphatic rings. The molecule has 3 atom stereocenters. The van der Waals surface area contributed by atoms with Gasteiger partial charge in [0.05, 0.1) is 7.05 Å². The normalized spacial score (nSPS) is 14.5. The number of nitrogens with zero attached hydrogens (tertiary/aromatic N) is 1. The smallest absolute Gasteiger partial charge is 0.279 e. The second-order valence-corrected chi connectivity index (χ2v) is 7.12. The fourth-order valence-electron chi connectivity index (χ4n) is 2.74. The number of benzene rings is 1. The third-order valence-electron chi connectivity index (χ3n) is 4.46. The monoisotopic (exact) mass is 368 g/mol. The summed E-state index contributed by atoms with van der Waals surface area (Å²) in [6.45, 7) is 8.87. The van der Waals surface area contributed by atoms with E-state index in [1.165, 1.54) is 0 Å². The highest BCUT2D eigenvalue weighted by Gasteiger charge is 2.26. The first-order chi connectivity index (χ1) is 11.8. The fourth-order valence-corrected chi connectivity index (χ4v) is 2.87. The standard InChI is InChI=1S/C19H30ClN3O2/c1-6-14(3)23(15(4)7-2)19(25)13-22(5)12-18(24)21-17-10-8-16(20)9-11-17/h8-11,14-15H,6-7,12-13H2,1-5H3,(H,21,24)/p+1/t14-,15-/m1/s1. The zero-order valence-electron chi connectivity index (χ0n) is 15.9. The molecule has 0 saturated heterocycles. The fraction of sp³-hybridized carbons (Fsp3) is 0.579. The van der Waals surface area contributed by atoms with Crippen LogP contribution in [0.25, 0.3) is 0 Å². The van der Waals surface area contributed by atoms with E-state index >= 15 is 0 Å². The number of carbonyl (C=O) groups is 2. The van der Waals surface area contributed by atoms with Gasteiger partial charge in [0.1, 0.15) is 0 Å². The van der Waals surface area contributed by atoms with Gasteiger partial charge in [-0.15, -0.1) is 0 Å². The van der Waals surface area contributed by atoms with Gasteiger partial charge in [-0.3, -0.25) is 9.59 Å². The lowest BCUT2D eigenvalue weighted by atomic mass is 10.1. The SMILES string of the molecule is CC[C@@H](C)N(C(=O)C[NH+](C)CC(=O)Nc1ccc(Cl)cc1)[C@H](C)CC. The molecule has 140 valence electrons. The minimum Gasteiger partial charge on any atom is -0.332 e. The van der Waals surface area contributed by atoms with Crippen LogP contribution < -0.4 is 10.2 Å². The summed E-state index contributed by atoms with van der Waals surface area (Å²) in [6.07, 6.45) is 1.85. The predicted molar refractivity (Wildman–Crippen MR) is 103 cm³/mol. The topological polar surface area (TPSA) is 53.9 Å². The van der Waals surface area contributed by atoms with Gasteiger partial charge in [-0.2, -0.15) is 0 Å². The molecule has 25 heavy (non-hydrogen) atoms. The van der Waals surface area contributed by atoms with Gasteiger partial charge in [0, 0.05) is 22.8 Å². The lowest BCUT2D eigenvalue weighted by molar-refractivity contribution is -0.862. The molecule has 0 bridgehead atoms. The van der Waals surface area contributed by atoms with Crippen LogP contribution in [0, 0.1) is 0 Å². The summed E-state index contributed by atoms with van der Waals surface area (Å²) in [6, 6.07) is 7.39. The highest BCUT2D eigenvalue weighted by atomic mass is 35.5. The molecule has 0 aliphatic heterocycles. The van der Waals surface area contributed by atoms with Crippen molar-refractivity contribution in [1.82, 2.24) is 4.90 Å². The molecule has 0 fully saturated rings. The van der Waals surface area contributed by atoms with E-state index in [-0.39, 0.29) is 30.4 Å². The van der Waals surface area contributed by atoms with Crippen molar-refractivity contribution in [1.29, 1.82) is 0 Å². The van der Waals surface area contributed by atoms with Gasteiger partial charge in [0.15, 0.2) is 13.1 Å². The van der Waals surface area contributed by atoms with E-state index in [9.17, 15) is 9.59 Å². The van der Waals surface area contributed by atoms with E-state index in [2.05, 4.69) is 33.0 Å². The highest BCUT2D eigenvalue weighted by molar-refractivity contribution is 6.30. The van der Waals surface area contributed by atoms with E-state index in [0.29, 0.717) is 17.3 Å². The summed E-state index contributed by atoms with van der Waals surface area (Å²) in [4.78, 5) is 27.7. The van der Waals surface area contributed by atoms with Crippen LogP contribution in [0.4, 0.5) is 5.69 Å². The number of hydrogen-bond acceptors (Lipinski definition) is 2. The molecule has 1 unspecified atom stereocenters. The number of quaternary nitrogens is 1. The van der Waals surface area contributed by atoms with Crippen LogP contribution in [-0.4, -0.2) is 48.9 Å². The van der Waals surface area contributed by atoms with Crippen LogP contribution >= 0.6 is 11.6 Å². The Kier molecular flexibility index (Phi) is 8.93. The van der Waals surface area contributed by atoms with Crippen LogP contribution in [0.15, 0.2) is 24.3 Å². The molecule has 2 amide bonds. The molecule has 0 aromatic heterocycles. The number of halogens is 1. The van der Waals surface area contributed by atoms with E-state index < -0.39 is 0 Å². The van der Waals surface area contributed by atoms with Gasteiger partial charge in [-0.1, -0.05) is 25.4 Å². The Bertz CT molecular complexity index is 552. The third kappa shape index (κ3) is 7.04. The summed E-state index contributed by atoms with van der Waals surface area (Å²) < 4.78 is 0. The molecule has 5 nitrogen and oxygen atoms in total. The molecule has 6 heteroatoms. The second kappa shape index (κ2) is 10.4. The van der Waals surface area contributed by atoms with Crippen LogP contribution in [0.2, 0.25) is 5.02 Å². The molecule has 1 aromatic rings. The summed E-state index contributed by atoms with van der Waals surface area (Å²) >= 11 is 5.84. The Hall–Kier alpha value is -1.59. The van der Waals surface area contributed by atoms with Gasteiger partial charge >= 0.3 is 0 Å². The molecular formula is C19H31ClN3O2+. The molecule has 1 aromatic carbocycles. The van der Waals surface area contributed by atoms with Crippen molar-refractivity contribution in [3.05, 3.63) is 29.3 Å². The van der Waals surface area contributed by atoms with E-state index in [4.69, 9.17) is 11.6 Å². The van der Waals surface area contributed by atoms with Crippen LogP contribution in [0.5, 0.6) is 0 Å². The second-order valence-electron chi connectivity index (χ2n) is 6.68. The molecule has 2 N–H and O–H groups in total. The van der Waals surface area contributed by atoms with Crippen LogP contribution in [0.1, 0.15) is 40.5 Å². The Balaban J connectivity index is 2.58. The van der Waals surface area contributed by atoms with Crippen molar-refractivity contribution in [2.75, 3.05) is 25.5 Å². The number of likely N-dealkylation sites (N-methyl/N-ethyl adjacent to an activating group) is 1. The van der Waals surface area contributed by atoms with Crippen molar-refractivity contribution in [3.63, 3.8) is 0 Å². The van der Waals surface area contributed by atoms with Gasteiger partial charge < -0.3 is 15.1 Å². The zero-order valence-corrected chi connectivity index (χ0v) is 16.7. The van der Waals surface area contributed by atoms with Crippen molar-refractivity contribution in [3.8, 4) is 0 Å². The lowest BCUT2D eigenvalue weighted by Crippen LogP contribution is -3.11. The Morgan fingerprint density at radius 1 is 1.08 bits per heavy atom. The van der Waals surface area contributed by atoms with Gasteiger partial charge in [-0.05, 0) is 51.0 Å². The van der Waals surface area contributed by atoms with Crippen molar-refractivity contribution >= 4 is 29.1 Å². The minimum atomic E-state index is -0.119. The average molecular weight is 369 g/mol. The maximum absolute atomic E-state index is 12.7. The van der Waals surface area contributed by atoms with Crippen molar-refractivity contribution in [2.24, 2.45) is 0 Å². The van der Waals surface area contributed by atoms with Gasteiger partial charge in [0.2, 0.25) is 0 Å². The Morgan fingerprint density at radius 2 is 1.60 bits per heavy atom. The zero-order chi connectivity index (χ0) is 19.0. The number of rotatable bonds is 9. The first kappa shape index (κ1) is 21.5. The maximum atomic E-state index is 12.7. The maximum Gasteiger partial charge on any atom is 0.279 e. The first-order valence-electron chi connectivity index (χ1n) is 8.96. The molecular weight excluding hydrogens is 338 g/mol. The molecule has 0 aliphatic carbocycles. The van der Waals surface area contributed by atoms with Gasteiger partial charge in [-0.25, -0.2) is 0 Å². The summed E-state index contributed by atoms with van der Waals surface area (Å²) in [5, 5.41) is 3.45. The number of anilines is 1. The van der Waals surface area contributed by atoms with Crippen molar-refractivity contribution in [2.45, 2.75) is 52.6 Å². The van der Waals surface area contributed by atoms with E-state index in [0.717, 1.165) is 17.7 Å². The largest absolute Gasteiger partial charge is 0.332 e. The Morgan fingerprint density at radius 3 is 2.08 bits per heavy atom. The van der Waals surface area contributed by atoms with E-state index in [1.54, 1.807) is 24.3 Å². The quantitative estimate of drug-likeness (QED) is 0.702. The summed E-state index contributed by atoms with van der Waals surface area (Å²) in [5.74, 6) is -0.0215. The molecule has 0 saturated carbocycles. The summed E-state index contributed by atoms with van der Waals surface area (Å²) in [5.41, 5.74) is 0.703.